The number of amides is 1. The van der Waals surface area contributed by atoms with E-state index in [2.05, 4.69) is 0 Å². The van der Waals surface area contributed by atoms with Crippen LogP contribution in [-0.4, -0.2) is 51.5 Å². The Morgan fingerprint density at radius 2 is 1.74 bits per heavy atom. The predicted octanol–water partition coefficient (Wildman–Crippen LogP) is 4.18. The third kappa shape index (κ3) is 4.32. The van der Waals surface area contributed by atoms with Crippen LogP contribution in [0.3, 0.4) is 0 Å². The first-order valence-corrected chi connectivity index (χ1v) is 11.9. The first-order valence-electron chi connectivity index (χ1n) is 10.1. The third-order valence-corrected chi connectivity index (χ3v) is 7.61. The Labute approximate surface area is 187 Å². The number of halogens is 1. The molecule has 6 nitrogen and oxygen atoms in total. The minimum Gasteiger partial charge on any atom is -0.379 e. The van der Waals surface area contributed by atoms with Gasteiger partial charge in [0.05, 0.1) is 28.7 Å². The molecule has 0 saturated carbocycles. The van der Waals surface area contributed by atoms with Crippen molar-refractivity contribution in [3.63, 3.8) is 0 Å². The van der Waals surface area contributed by atoms with E-state index in [9.17, 15) is 13.2 Å². The van der Waals surface area contributed by atoms with Gasteiger partial charge in [0.2, 0.25) is 10.0 Å². The highest BCUT2D eigenvalue weighted by molar-refractivity contribution is 7.89. The summed E-state index contributed by atoms with van der Waals surface area (Å²) in [6.07, 6.45) is 0. The molecule has 0 spiro atoms. The van der Waals surface area contributed by atoms with Crippen molar-refractivity contribution in [1.29, 1.82) is 0 Å². The Hall–Kier alpha value is -2.45. The van der Waals surface area contributed by atoms with E-state index in [1.807, 2.05) is 49.4 Å². The molecule has 0 radical (unpaired) electrons. The van der Waals surface area contributed by atoms with Gasteiger partial charge in [0.15, 0.2) is 0 Å². The summed E-state index contributed by atoms with van der Waals surface area (Å²) in [6, 6.07) is 18.0. The van der Waals surface area contributed by atoms with Gasteiger partial charge in [-0.2, -0.15) is 4.31 Å². The van der Waals surface area contributed by atoms with Gasteiger partial charge < -0.3 is 9.64 Å². The van der Waals surface area contributed by atoms with Gasteiger partial charge in [-0.05, 0) is 48.0 Å². The summed E-state index contributed by atoms with van der Waals surface area (Å²) in [7, 11) is -3.74. The second-order valence-electron chi connectivity index (χ2n) is 7.24. The lowest BCUT2D eigenvalue weighted by atomic mass is 10.1. The number of sulfonamides is 1. The fraction of sp³-hybridized carbons (Fsp3) is 0.261. The van der Waals surface area contributed by atoms with E-state index >= 15 is 0 Å². The molecule has 4 rings (SSSR count). The smallest absolute Gasteiger partial charge is 0.259 e. The van der Waals surface area contributed by atoms with Gasteiger partial charge in [0.1, 0.15) is 0 Å². The van der Waals surface area contributed by atoms with E-state index in [-0.39, 0.29) is 34.5 Å². The number of morpholine rings is 1. The minimum atomic E-state index is -3.74. The Bertz CT molecular complexity index is 1220. The highest BCUT2D eigenvalue weighted by Crippen LogP contribution is 2.28. The predicted molar refractivity (Wildman–Crippen MR) is 122 cm³/mol. The molecule has 8 heteroatoms. The molecule has 1 aliphatic heterocycles. The Morgan fingerprint density at radius 1 is 1.03 bits per heavy atom. The van der Waals surface area contributed by atoms with Crippen LogP contribution in [0.4, 0.5) is 5.69 Å². The zero-order valence-corrected chi connectivity index (χ0v) is 18.7. The summed E-state index contributed by atoms with van der Waals surface area (Å²) < 4.78 is 32.7. The lowest BCUT2D eigenvalue weighted by molar-refractivity contribution is 0.0730. The Kier molecular flexibility index (Phi) is 6.29. The quantitative estimate of drug-likeness (QED) is 0.575. The van der Waals surface area contributed by atoms with E-state index in [1.165, 1.54) is 22.5 Å². The van der Waals surface area contributed by atoms with Crippen LogP contribution in [0.25, 0.3) is 10.8 Å². The fourth-order valence-electron chi connectivity index (χ4n) is 3.70. The summed E-state index contributed by atoms with van der Waals surface area (Å²) in [5.41, 5.74) is 0.884. The van der Waals surface area contributed by atoms with Gasteiger partial charge in [-0.3, -0.25) is 4.79 Å². The van der Waals surface area contributed by atoms with Crippen molar-refractivity contribution in [3.8, 4) is 0 Å². The second-order valence-corrected chi connectivity index (χ2v) is 9.58. The summed E-state index contributed by atoms with van der Waals surface area (Å²) in [4.78, 5) is 15.1. The number of ether oxygens (including phenoxy) is 1. The number of anilines is 1. The van der Waals surface area contributed by atoms with Crippen molar-refractivity contribution in [3.05, 3.63) is 71.2 Å². The van der Waals surface area contributed by atoms with Crippen LogP contribution in [0.1, 0.15) is 17.3 Å². The molecule has 0 N–H and O–H groups in total. The highest BCUT2D eigenvalue weighted by atomic mass is 35.5. The molecular formula is C23H23ClN2O4S. The molecule has 1 amide bonds. The zero-order valence-electron chi connectivity index (χ0n) is 17.1. The molecule has 0 aliphatic carbocycles. The zero-order chi connectivity index (χ0) is 22.0. The molecule has 1 heterocycles. The normalized spacial score (nSPS) is 15.2. The van der Waals surface area contributed by atoms with Gasteiger partial charge in [0, 0.05) is 25.3 Å². The molecule has 0 aromatic heterocycles. The summed E-state index contributed by atoms with van der Waals surface area (Å²) in [5.74, 6) is -0.346. The van der Waals surface area contributed by atoms with Crippen LogP contribution in [-0.2, 0) is 14.8 Å². The van der Waals surface area contributed by atoms with Crippen molar-refractivity contribution in [1.82, 2.24) is 4.31 Å². The standard InChI is InChI=1S/C23H23ClN2O4S/c1-2-26(19-8-7-17-5-3-4-6-18(17)15-19)23(27)21-16-20(9-10-22(21)24)31(28,29)25-11-13-30-14-12-25/h3-10,15-16H,2,11-14H2,1H3. The van der Waals surface area contributed by atoms with Crippen molar-refractivity contribution in [2.24, 2.45) is 0 Å². The largest absolute Gasteiger partial charge is 0.379 e. The first kappa shape index (κ1) is 21.8. The molecule has 1 aliphatic rings. The van der Waals surface area contributed by atoms with Gasteiger partial charge >= 0.3 is 0 Å². The van der Waals surface area contributed by atoms with Crippen molar-refractivity contribution in [2.75, 3.05) is 37.7 Å². The van der Waals surface area contributed by atoms with Crippen molar-refractivity contribution < 1.29 is 17.9 Å². The minimum absolute atomic E-state index is 0.0525. The first-order chi connectivity index (χ1) is 14.9. The number of rotatable bonds is 5. The maximum absolute atomic E-state index is 13.4. The molecule has 1 fully saturated rings. The van der Waals surface area contributed by atoms with Gasteiger partial charge in [-0.25, -0.2) is 8.42 Å². The van der Waals surface area contributed by atoms with E-state index in [0.717, 1.165) is 16.5 Å². The number of fused-ring (bicyclic) bond motifs is 1. The van der Waals surface area contributed by atoms with Crippen LogP contribution in [0, 0.1) is 0 Å². The molecule has 0 bridgehead atoms. The van der Waals surface area contributed by atoms with Gasteiger partial charge in [-0.15, -0.1) is 0 Å². The molecular weight excluding hydrogens is 436 g/mol. The van der Waals surface area contributed by atoms with Crippen LogP contribution in [0.2, 0.25) is 5.02 Å². The van der Waals surface area contributed by atoms with Gasteiger partial charge in [0.25, 0.3) is 5.91 Å². The third-order valence-electron chi connectivity index (χ3n) is 5.38. The molecule has 3 aromatic rings. The Morgan fingerprint density at radius 3 is 2.45 bits per heavy atom. The summed E-state index contributed by atoms with van der Waals surface area (Å²) >= 11 is 6.33. The molecule has 0 unspecified atom stereocenters. The maximum Gasteiger partial charge on any atom is 0.259 e. The monoisotopic (exact) mass is 458 g/mol. The van der Waals surface area contributed by atoms with E-state index < -0.39 is 10.0 Å². The van der Waals surface area contributed by atoms with E-state index in [0.29, 0.717) is 19.8 Å². The highest BCUT2D eigenvalue weighted by Gasteiger charge is 2.28. The lowest BCUT2D eigenvalue weighted by Gasteiger charge is -2.26. The number of carbonyl (C=O) groups is 1. The lowest BCUT2D eigenvalue weighted by Crippen LogP contribution is -2.40. The maximum atomic E-state index is 13.4. The summed E-state index contributed by atoms with van der Waals surface area (Å²) in [6.45, 7) is 3.55. The number of benzene rings is 3. The van der Waals surface area contributed by atoms with Crippen LogP contribution in [0.5, 0.6) is 0 Å². The van der Waals surface area contributed by atoms with Crippen LogP contribution >= 0.6 is 11.6 Å². The number of hydrogen-bond acceptors (Lipinski definition) is 4. The molecule has 31 heavy (non-hydrogen) atoms. The van der Waals surface area contributed by atoms with Gasteiger partial charge in [-0.1, -0.05) is 41.9 Å². The average Bonchev–Trinajstić information content (AvgIpc) is 2.80. The number of carbonyl (C=O) groups excluding carboxylic acids is 1. The van der Waals surface area contributed by atoms with Crippen molar-refractivity contribution >= 4 is 44.0 Å². The molecule has 0 atom stereocenters. The van der Waals surface area contributed by atoms with Crippen LogP contribution < -0.4 is 4.90 Å². The SMILES string of the molecule is CCN(C(=O)c1cc(S(=O)(=O)N2CCOCC2)ccc1Cl)c1ccc2ccccc2c1. The average molecular weight is 459 g/mol. The van der Waals surface area contributed by atoms with E-state index in [1.54, 1.807) is 4.90 Å². The molecule has 162 valence electrons. The topological polar surface area (TPSA) is 66.9 Å². The summed E-state index contributed by atoms with van der Waals surface area (Å²) in [5, 5.41) is 2.30. The Balaban J connectivity index is 1.70. The van der Waals surface area contributed by atoms with E-state index in [4.69, 9.17) is 16.3 Å². The number of nitrogens with zero attached hydrogens (tertiary/aromatic N) is 2. The fourth-order valence-corrected chi connectivity index (χ4v) is 5.33. The second kappa shape index (κ2) is 8.96. The number of hydrogen-bond donors (Lipinski definition) is 0. The van der Waals surface area contributed by atoms with Crippen LogP contribution in [0.15, 0.2) is 65.6 Å². The molecule has 3 aromatic carbocycles. The molecule has 1 saturated heterocycles. The van der Waals surface area contributed by atoms with Crippen molar-refractivity contribution in [2.45, 2.75) is 11.8 Å².